The van der Waals surface area contributed by atoms with Gasteiger partial charge in [0.1, 0.15) is 0 Å². The highest BCUT2D eigenvalue weighted by Crippen LogP contribution is 2.21. The van der Waals surface area contributed by atoms with Crippen LogP contribution in [0.25, 0.3) is 0 Å². The van der Waals surface area contributed by atoms with E-state index in [0.717, 1.165) is 39.5 Å². The largest absolute Gasteiger partial charge is 0.381 e. The van der Waals surface area contributed by atoms with Crippen molar-refractivity contribution in [1.29, 1.82) is 0 Å². The summed E-state index contributed by atoms with van der Waals surface area (Å²) in [5, 5.41) is 0. The van der Waals surface area contributed by atoms with Gasteiger partial charge in [0.05, 0.1) is 19.3 Å². The molecule has 0 radical (unpaired) electrons. The first-order valence-corrected chi connectivity index (χ1v) is 5.32. The Kier molecular flexibility index (Phi) is 3.19. The fourth-order valence-corrected chi connectivity index (χ4v) is 2.15. The van der Waals surface area contributed by atoms with E-state index in [1.807, 2.05) is 0 Å². The van der Waals surface area contributed by atoms with E-state index in [1.165, 1.54) is 6.42 Å². The van der Waals surface area contributed by atoms with Crippen molar-refractivity contribution in [2.45, 2.75) is 19.4 Å². The molecule has 0 aromatic carbocycles. The molecule has 2 rings (SSSR count). The molecule has 2 fully saturated rings. The van der Waals surface area contributed by atoms with Crippen LogP contribution in [0.5, 0.6) is 0 Å². The van der Waals surface area contributed by atoms with Gasteiger partial charge in [0.2, 0.25) is 0 Å². The number of rotatable bonds is 2. The van der Waals surface area contributed by atoms with Gasteiger partial charge >= 0.3 is 0 Å². The molecule has 0 amide bonds. The van der Waals surface area contributed by atoms with Crippen molar-refractivity contribution in [3.05, 3.63) is 0 Å². The van der Waals surface area contributed by atoms with Crippen molar-refractivity contribution in [3.63, 3.8) is 0 Å². The van der Waals surface area contributed by atoms with Crippen LogP contribution in [-0.2, 0) is 9.47 Å². The summed E-state index contributed by atoms with van der Waals surface area (Å²) in [5.74, 6) is 0.648. The molecule has 3 heteroatoms. The van der Waals surface area contributed by atoms with Crippen molar-refractivity contribution in [1.82, 2.24) is 4.90 Å². The van der Waals surface area contributed by atoms with Gasteiger partial charge in [-0.2, -0.15) is 0 Å². The van der Waals surface area contributed by atoms with Crippen LogP contribution in [0.4, 0.5) is 0 Å². The summed E-state index contributed by atoms with van der Waals surface area (Å²) in [6.45, 7) is 8.29. The first-order chi connectivity index (χ1) is 6.40. The minimum Gasteiger partial charge on any atom is -0.381 e. The zero-order valence-corrected chi connectivity index (χ0v) is 8.37. The monoisotopic (exact) mass is 185 g/mol. The van der Waals surface area contributed by atoms with E-state index >= 15 is 0 Å². The molecule has 0 saturated carbocycles. The molecule has 0 spiro atoms. The number of hydrogen-bond acceptors (Lipinski definition) is 3. The lowest BCUT2D eigenvalue weighted by Crippen LogP contribution is -2.45. The molecule has 2 aliphatic heterocycles. The Bertz CT molecular complexity index is 157. The van der Waals surface area contributed by atoms with Crippen molar-refractivity contribution < 1.29 is 9.47 Å². The second-order valence-corrected chi connectivity index (χ2v) is 3.93. The third kappa shape index (κ3) is 2.22. The Labute approximate surface area is 80.0 Å². The van der Waals surface area contributed by atoms with Crippen molar-refractivity contribution in [3.8, 4) is 0 Å². The second kappa shape index (κ2) is 4.40. The van der Waals surface area contributed by atoms with Crippen molar-refractivity contribution >= 4 is 0 Å². The van der Waals surface area contributed by atoms with Crippen LogP contribution in [0, 0.1) is 5.92 Å². The summed E-state index contributed by atoms with van der Waals surface area (Å²) in [7, 11) is 0. The molecule has 0 aliphatic carbocycles. The average Bonchev–Trinajstić information content (AvgIpc) is 2.71. The molecule has 2 saturated heterocycles. The van der Waals surface area contributed by atoms with E-state index in [-0.39, 0.29) is 0 Å². The van der Waals surface area contributed by atoms with E-state index < -0.39 is 0 Å². The van der Waals surface area contributed by atoms with Gasteiger partial charge in [-0.1, -0.05) is 6.92 Å². The zero-order valence-electron chi connectivity index (χ0n) is 8.37. The molecule has 13 heavy (non-hydrogen) atoms. The summed E-state index contributed by atoms with van der Waals surface area (Å²) in [6.07, 6.45) is 1.61. The number of ether oxygens (including phenoxy) is 2. The molecule has 0 bridgehead atoms. The second-order valence-electron chi connectivity index (χ2n) is 3.93. The lowest BCUT2D eigenvalue weighted by molar-refractivity contribution is -0.0569. The maximum Gasteiger partial charge on any atom is 0.0753 e. The fourth-order valence-electron chi connectivity index (χ4n) is 2.15. The minimum atomic E-state index is 0.427. The van der Waals surface area contributed by atoms with Gasteiger partial charge in [0, 0.05) is 25.6 Å². The third-order valence-corrected chi connectivity index (χ3v) is 3.12. The number of hydrogen-bond donors (Lipinski definition) is 0. The molecule has 2 heterocycles. The smallest absolute Gasteiger partial charge is 0.0753 e. The summed E-state index contributed by atoms with van der Waals surface area (Å²) >= 11 is 0. The van der Waals surface area contributed by atoms with Crippen molar-refractivity contribution in [2.75, 3.05) is 39.5 Å². The predicted molar refractivity (Wildman–Crippen MR) is 50.8 cm³/mol. The van der Waals surface area contributed by atoms with Crippen LogP contribution >= 0.6 is 0 Å². The Balaban J connectivity index is 1.84. The number of likely N-dealkylation sites (N-methyl/N-ethyl adjacent to an activating group) is 1. The molecular formula is C10H19NO2. The van der Waals surface area contributed by atoms with E-state index in [0.29, 0.717) is 12.0 Å². The van der Waals surface area contributed by atoms with Gasteiger partial charge in [-0.15, -0.1) is 0 Å². The van der Waals surface area contributed by atoms with Gasteiger partial charge in [0.25, 0.3) is 0 Å². The summed E-state index contributed by atoms with van der Waals surface area (Å²) in [6, 6.07) is 0. The maximum atomic E-state index is 5.77. The SMILES string of the molecule is CCN1CCO[C@@H]([C@H]2CCOC2)C1. The minimum absolute atomic E-state index is 0.427. The Morgan fingerprint density at radius 3 is 3.00 bits per heavy atom. The highest BCUT2D eigenvalue weighted by Gasteiger charge is 2.30. The molecular weight excluding hydrogens is 166 g/mol. The van der Waals surface area contributed by atoms with Crippen LogP contribution in [0.15, 0.2) is 0 Å². The predicted octanol–water partition coefficient (Wildman–Crippen LogP) is 0.744. The normalized spacial score (nSPS) is 36.7. The standard InChI is InChI=1S/C10H19NO2/c1-2-11-4-6-13-10(7-11)9-3-5-12-8-9/h9-10H,2-8H2,1H3/t9-,10+/m0/s1. The Morgan fingerprint density at radius 2 is 2.31 bits per heavy atom. The van der Waals surface area contributed by atoms with Crippen LogP contribution < -0.4 is 0 Å². The van der Waals surface area contributed by atoms with Gasteiger partial charge in [-0.3, -0.25) is 4.90 Å². The molecule has 0 aromatic rings. The molecule has 0 N–H and O–H groups in total. The fraction of sp³-hybridized carbons (Fsp3) is 1.00. The zero-order chi connectivity index (χ0) is 9.10. The van der Waals surface area contributed by atoms with Gasteiger partial charge < -0.3 is 9.47 Å². The first-order valence-electron chi connectivity index (χ1n) is 5.32. The summed E-state index contributed by atoms with van der Waals surface area (Å²) in [4.78, 5) is 2.46. The van der Waals surface area contributed by atoms with E-state index in [9.17, 15) is 0 Å². The van der Waals surface area contributed by atoms with E-state index in [2.05, 4.69) is 11.8 Å². The average molecular weight is 185 g/mol. The highest BCUT2D eigenvalue weighted by molar-refractivity contribution is 4.79. The third-order valence-electron chi connectivity index (χ3n) is 3.12. The lowest BCUT2D eigenvalue weighted by Gasteiger charge is -2.34. The molecule has 3 nitrogen and oxygen atoms in total. The maximum absolute atomic E-state index is 5.77. The van der Waals surface area contributed by atoms with Crippen molar-refractivity contribution in [2.24, 2.45) is 5.92 Å². The topological polar surface area (TPSA) is 21.7 Å². The van der Waals surface area contributed by atoms with Crippen LogP contribution in [0.3, 0.4) is 0 Å². The lowest BCUT2D eigenvalue weighted by atomic mass is 10.0. The Morgan fingerprint density at radius 1 is 1.38 bits per heavy atom. The quantitative estimate of drug-likeness (QED) is 0.633. The molecule has 76 valence electrons. The molecule has 0 aromatic heterocycles. The van der Waals surface area contributed by atoms with Crippen LogP contribution in [0.2, 0.25) is 0 Å². The van der Waals surface area contributed by atoms with E-state index in [4.69, 9.17) is 9.47 Å². The first kappa shape index (κ1) is 9.44. The molecule has 2 atom stereocenters. The van der Waals surface area contributed by atoms with Crippen LogP contribution in [0.1, 0.15) is 13.3 Å². The summed E-state index contributed by atoms with van der Waals surface area (Å²) < 4.78 is 11.2. The van der Waals surface area contributed by atoms with Crippen LogP contribution in [-0.4, -0.2) is 50.5 Å². The molecule has 2 aliphatic rings. The van der Waals surface area contributed by atoms with E-state index in [1.54, 1.807) is 0 Å². The highest BCUT2D eigenvalue weighted by atomic mass is 16.5. The number of morpholine rings is 1. The Hall–Kier alpha value is -0.120. The van der Waals surface area contributed by atoms with Gasteiger partial charge in [-0.25, -0.2) is 0 Å². The van der Waals surface area contributed by atoms with Gasteiger partial charge in [0.15, 0.2) is 0 Å². The number of nitrogens with zero attached hydrogens (tertiary/aromatic N) is 1. The van der Waals surface area contributed by atoms with Gasteiger partial charge in [-0.05, 0) is 13.0 Å². The summed E-state index contributed by atoms with van der Waals surface area (Å²) in [5.41, 5.74) is 0. The molecule has 0 unspecified atom stereocenters.